The number of nitrogens with zero attached hydrogens (tertiary/aromatic N) is 1. The van der Waals surface area contributed by atoms with Crippen LogP contribution < -0.4 is 10.1 Å². The third-order valence-electron chi connectivity index (χ3n) is 2.52. The summed E-state index contributed by atoms with van der Waals surface area (Å²) in [5.41, 5.74) is 0.879. The second kappa shape index (κ2) is 6.77. The molecule has 0 saturated heterocycles. The number of thioether (sulfide) groups is 1. The third kappa shape index (κ3) is 3.84. The Kier molecular flexibility index (Phi) is 5.04. The first kappa shape index (κ1) is 14.1. The summed E-state index contributed by atoms with van der Waals surface area (Å²) in [5, 5.41) is 3.49. The fourth-order valence-corrected chi connectivity index (χ4v) is 3.11. The molecule has 102 valence electrons. The van der Waals surface area contributed by atoms with Crippen LogP contribution in [0.25, 0.3) is 10.2 Å². The smallest absolute Gasteiger partial charge is 0.226 e. The zero-order valence-electron chi connectivity index (χ0n) is 10.9. The van der Waals surface area contributed by atoms with Gasteiger partial charge in [-0.25, -0.2) is 4.98 Å². The molecule has 0 bridgehead atoms. The predicted octanol–water partition coefficient (Wildman–Crippen LogP) is 3.39. The van der Waals surface area contributed by atoms with E-state index < -0.39 is 0 Å². The van der Waals surface area contributed by atoms with Gasteiger partial charge >= 0.3 is 0 Å². The number of hydrogen-bond acceptors (Lipinski definition) is 5. The standard InChI is InChI=1S/C13H16N2O2S2/c1-3-18-7-6-12(16)15-13-14-10-5-4-9(17-2)8-11(10)19-13/h4-5,8H,3,6-7H2,1-2H3,(H,14,15,16). The number of nitrogens with one attached hydrogen (secondary N) is 1. The number of benzene rings is 1. The van der Waals surface area contributed by atoms with E-state index in [9.17, 15) is 4.79 Å². The Hall–Kier alpha value is -1.27. The molecule has 0 saturated carbocycles. The fraction of sp³-hybridized carbons (Fsp3) is 0.385. The fourth-order valence-electron chi connectivity index (χ4n) is 1.58. The topological polar surface area (TPSA) is 51.2 Å². The van der Waals surface area contributed by atoms with Crippen molar-refractivity contribution in [1.82, 2.24) is 4.98 Å². The lowest BCUT2D eigenvalue weighted by atomic mass is 10.3. The van der Waals surface area contributed by atoms with Gasteiger partial charge < -0.3 is 10.1 Å². The average molecular weight is 296 g/mol. The summed E-state index contributed by atoms with van der Waals surface area (Å²) in [6, 6.07) is 5.69. The Morgan fingerprint density at radius 1 is 1.53 bits per heavy atom. The van der Waals surface area contributed by atoms with Gasteiger partial charge in [-0.2, -0.15) is 11.8 Å². The van der Waals surface area contributed by atoms with Gasteiger partial charge in [-0.1, -0.05) is 18.3 Å². The first-order chi connectivity index (χ1) is 9.22. The van der Waals surface area contributed by atoms with Crippen molar-refractivity contribution in [3.05, 3.63) is 18.2 Å². The van der Waals surface area contributed by atoms with Crippen LogP contribution in [-0.2, 0) is 4.79 Å². The van der Waals surface area contributed by atoms with E-state index in [2.05, 4.69) is 17.2 Å². The maximum absolute atomic E-state index is 11.7. The van der Waals surface area contributed by atoms with Crippen molar-refractivity contribution in [2.24, 2.45) is 0 Å². The summed E-state index contributed by atoms with van der Waals surface area (Å²) >= 11 is 3.23. The van der Waals surface area contributed by atoms with Crippen LogP contribution in [0.15, 0.2) is 18.2 Å². The van der Waals surface area contributed by atoms with Crippen molar-refractivity contribution in [1.29, 1.82) is 0 Å². The number of ether oxygens (including phenoxy) is 1. The molecule has 0 radical (unpaired) electrons. The van der Waals surface area contributed by atoms with Crippen LogP contribution in [0.3, 0.4) is 0 Å². The molecule has 6 heteroatoms. The number of fused-ring (bicyclic) bond motifs is 1. The maximum Gasteiger partial charge on any atom is 0.226 e. The van der Waals surface area contributed by atoms with Crippen LogP contribution in [-0.4, -0.2) is 29.5 Å². The summed E-state index contributed by atoms with van der Waals surface area (Å²) in [6.07, 6.45) is 0.526. The number of hydrogen-bond donors (Lipinski definition) is 1. The van der Waals surface area contributed by atoms with E-state index in [0.29, 0.717) is 11.6 Å². The van der Waals surface area contributed by atoms with Crippen LogP contribution in [0.1, 0.15) is 13.3 Å². The number of anilines is 1. The van der Waals surface area contributed by atoms with Crippen molar-refractivity contribution in [3.8, 4) is 5.75 Å². The lowest BCUT2D eigenvalue weighted by molar-refractivity contribution is -0.115. The monoisotopic (exact) mass is 296 g/mol. The summed E-state index contributed by atoms with van der Waals surface area (Å²) < 4.78 is 6.18. The summed E-state index contributed by atoms with van der Waals surface area (Å²) in [7, 11) is 1.64. The molecule has 1 aromatic heterocycles. The van der Waals surface area contributed by atoms with E-state index in [0.717, 1.165) is 27.5 Å². The third-order valence-corrected chi connectivity index (χ3v) is 4.35. The first-order valence-electron chi connectivity index (χ1n) is 6.05. The highest BCUT2D eigenvalue weighted by Gasteiger charge is 2.08. The van der Waals surface area contributed by atoms with E-state index in [1.165, 1.54) is 11.3 Å². The predicted molar refractivity (Wildman–Crippen MR) is 82.4 cm³/mol. The molecule has 0 aliphatic rings. The van der Waals surface area contributed by atoms with Crippen LogP contribution in [0.5, 0.6) is 5.75 Å². The molecule has 0 aliphatic carbocycles. The van der Waals surface area contributed by atoms with E-state index in [1.807, 2.05) is 18.2 Å². The molecule has 0 unspecified atom stereocenters. The lowest BCUT2D eigenvalue weighted by Crippen LogP contribution is -2.11. The molecule has 1 aromatic carbocycles. The second-order valence-electron chi connectivity index (χ2n) is 3.85. The number of carbonyl (C=O) groups excluding carboxylic acids is 1. The number of methoxy groups -OCH3 is 1. The molecule has 0 fully saturated rings. The zero-order valence-corrected chi connectivity index (χ0v) is 12.6. The SMILES string of the molecule is CCSCCC(=O)Nc1nc2ccc(OC)cc2s1. The first-order valence-corrected chi connectivity index (χ1v) is 8.02. The van der Waals surface area contributed by atoms with Crippen molar-refractivity contribution in [3.63, 3.8) is 0 Å². The number of amides is 1. The van der Waals surface area contributed by atoms with Crippen LogP contribution in [0.2, 0.25) is 0 Å². The molecule has 0 aliphatic heterocycles. The van der Waals surface area contributed by atoms with Crippen LogP contribution in [0, 0.1) is 0 Å². The van der Waals surface area contributed by atoms with E-state index >= 15 is 0 Å². The molecule has 0 spiro atoms. The van der Waals surface area contributed by atoms with Gasteiger partial charge in [0.15, 0.2) is 5.13 Å². The van der Waals surface area contributed by atoms with E-state index in [1.54, 1.807) is 18.9 Å². The Labute approximate surface area is 120 Å². The normalized spacial score (nSPS) is 10.6. The Morgan fingerprint density at radius 3 is 3.11 bits per heavy atom. The number of aromatic nitrogens is 1. The second-order valence-corrected chi connectivity index (χ2v) is 6.27. The van der Waals surface area contributed by atoms with Crippen LogP contribution >= 0.6 is 23.1 Å². The van der Waals surface area contributed by atoms with Crippen molar-refractivity contribution < 1.29 is 9.53 Å². The number of carbonyl (C=O) groups is 1. The van der Waals surface area contributed by atoms with E-state index in [-0.39, 0.29) is 5.91 Å². The minimum Gasteiger partial charge on any atom is -0.497 e. The minimum atomic E-state index is 0.0203. The molecule has 2 aromatic rings. The van der Waals surface area contributed by atoms with Gasteiger partial charge in [0, 0.05) is 12.2 Å². The molecule has 19 heavy (non-hydrogen) atoms. The highest BCUT2D eigenvalue weighted by Crippen LogP contribution is 2.29. The average Bonchev–Trinajstić information content (AvgIpc) is 2.79. The van der Waals surface area contributed by atoms with Crippen molar-refractivity contribution in [2.75, 3.05) is 23.9 Å². The molecule has 1 heterocycles. The maximum atomic E-state index is 11.7. The van der Waals surface area contributed by atoms with Gasteiger partial charge in [-0.3, -0.25) is 4.79 Å². The molecular weight excluding hydrogens is 280 g/mol. The molecule has 4 nitrogen and oxygen atoms in total. The van der Waals surface area contributed by atoms with Gasteiger partial charge in [0.25, 0.3) is 0 Å². The van der Waals surface area contributed by atoms with Crippen LogP contribution in [0.4, 0.5) is 5.13 Å². The Bertz CT molecular complexity index is 569. The van der Waals surface area contributed by atoms with E-state index in [4.69, 9.17) is 4.74 Å². The summed E-state index contributed by atoms with van der Waals surface area (Å²) in [6.45, 7) is 2.09. The largest absolute Gasteiger partial charge is 0.497 e. The highest BCUT2D eigenvalue weighted by molar-refractivity contribution is 7.99. The molecule has 1 N–H and O–H groups in total. The number of thiazole rings is 1. The summed E-state index contributed by atoms with van der Waals surface area (Å²) in [4.78, 5) is 16.1. The quantitative estimate of drug-likeness (QED) is 0.830. The highest BCUT2D eigenvalue weighted by atomic mass is 32.2. The Morgan fingerprint density at radius 2 is 2.37 bits per heavy atom. The van der Waals surface area contributed by atoms with Gasteiger partial charge in [0.05, 0.1) is 17.3 Å². The van der Waals surface area contributed by atoms with Crippen molar-refractivity contribution in [2.45, 2.75) is 13.3 Å². The molecule has 2 rings (SSSR count). The summed E-state index contributed by atoms with van der Waals surface area (Å²) in [5.74, 6) is 2.70. The van der Waals surface area contributed by atoms with Gasteiger partial charge in [0.2, 0.25) is 5.91 Å². The van der Waals surface area contributed by atoms with Gasteiger partial charge in [0.1, 0.15) is 5.75 Å². The minimum absolute atomic E-state index is 0.0203. The molecular formula is C13H16N2O2S2. The van der Waals surface area contributed by atoms with Gasteiger partial charge in [-0.15, -0.1) is 0 Å². The Balaban J connectivity index is 2.02. The number of rotatable bonds is 6. The molecule has 0 atom stereocenters. The van der Waals surface area contributed by atoms with Crippen molar-refractivity contribution >= 4 is 44.4 Å². The lowest BCUT2D eigenvalue weighted by Gasteiger charge is -1.99. The zero-order chi connectivity index (χ0) is 13.7. The molecule has 1 amide bonds. The van der Waals surface area contributed by atoms with Gasteiger partial charge in [-0.05, 0) is 24.0 Å².